The second-order valence-corrected chi connectivity index (χ2v) is 6.25. The second kappa shape index (κ2) is 8.47. The minimum atomic E-state index is -0.362. The molecule has 3 amide bonds. The van der Waals surface area contributed by atoms with E-state index in [1.807, 2.05) is 30.3 Å². The highest BCUT2D eigenvalue weighted by atomic mass is 19.1. The zero-order valence-electron chi connectivity index (χ0n) is 14.5. The van der Waals surface area contributed by atoms with Crippen molar-refractivity contribution in [2.75, 3.05) is 32.7 Å². The Hall–Kier alpha value is -2.89. The molecule has 2 aromatic carbocycles. The Bertz CT molecular complexity index is 741. The molecule has 0 aromatic heterocycles. The lowest BCUT2D eigenvalue weighted by Gasteiger charge is -2.34. The minimum absolute atomic E-state index is 0.102. The van der Waals surface area contributed by atoms with Crippen LogP contribution >= 0.6 is 0 Å². The summed E-state index contributed by atoms with van der Waals surface area (Å²) in [7, 11) is 0. The van der Waals surface area contributed by atoms with Crippen molar-refractivity contribution >= 4 is 11.9 Å². The molecule has 6 heteroatoms. The van der Waals surface area contributed by atoms with Gasteiger partial charge in [0.05, 0.1) is 0 Å². The number of carbonyl (C=O) groups excluding carboxylic acids is 2. The predicted molar refractivity (Wildman–Crippen MR) is 97.4 cm³/mol. The molecule has 1 heterocycles. The molecule has 0 radical (unpaired) electrons. The number of rotatable bonds is 4. The molecule has 136 valence electrons. The fourth-order valence-corrected chi connectivity index (χ4v) is 2.96. The van der Waals surface area contributed by atoms with Crippen molar-refractivity contribution in [1.82, 2.24) is 15.1 Å². The molecule has 1 fully saturated rings. The number of benzene rings is 2. The van der Waals surface area contributed by atoms with Crippen LogP contribution in [0.15, 0.2) is 54.6 Å². The van der Waals surface area contributed by atoms with E-state index in [-0.39, 0.29) is 17.8 Å². The second-order valence-electron chi connectivity index (χ2n) is 6.25. The van der Waals surface area contributed by atoms with Crippen molar-refractivity contribution in [1.29, 1.82) is 0 Å². The van der Waals surface area contributed by atoms with Gasteiger partial charge in [-0.15, -0.1) is 0 Å². The fraction of sp³-hybridized carbons (Fsp3) is 0.300. The van der Waals surface area contributed by atoms with Gasteiger partial charge in [0.1, 0.15) is 5.82 Å². The molecule has 3 rings (SSSR count). The average Bonchev–Trinajstić information content (AvgIpc) is 2.69. The van der Waals surface area contributed by atoms with Crippen LogP contribution in [0.25, 0.3) is 0 Å². The topological polar surface area (TPSA) is 52.7 Å². The molecular weight excluding hydrogens is 333 g/mol. The first kappa shape index (κ1) is 17.9. The third kappa shape index (κ3) is 4.59. The first-order valence-electron chi connectivity index (χ1n) is 8.75. The zero-order valence-corrected chi connectivity index (χ0v) is 14.5. The molecule has 5 nitrogen and oxygen atoms in total. The maximum Gasteiger partial charge on any atom is 0.317 e. The van der Waals surface area contributed by atoms with Gasteiger partial charge in [0.25, 0.3) is 5.91 Å². The van der Waals surface area contributed by atoms with Gasteiger partial charge in [-0.1, -0.05) is 30.3 Å². The summed E-state index contributed by atoms with van der Waals surface area (Å²) < 4.78 is 13.0. The molecule has 0 unspecified atom stereocenters. The third-order valence-electron chi connectivity index (χ3n) is 4.48. The molecule has 2 aromatic rings. The molecule has 0 aliphatic carbocycles. The van der Waals surface area contributed by atoms with E-state index >= 15 is 0 Å². The number of hydrogen-bond donors (Lipinski definition) is 1. The van der Waals surface area contributed by atoms with Crippen LogP contribution in [0.3, 0.4) is 0 Å². The van der Waals surface area contributed by atoms with Crippen LogP contribution in [0.5, 0.6) is 0 Å². The first-order valence-corrected chi connectivity index (χ1v) is 8.75. The smallest absolute Gasteiger partial charge is 0.317 e. The number of carbonyl (C=O) groups is 2. The summed E-state index contributed by atoms with van der Waals surface area (Å²) in [6.45, 7) is 2.51. The Balaban J connectivity index is 1.43. The SMILES string of the molecule is O=C(NCCc1ccccc1)N1CCN(C(=O)c2ccc(F)cc2)CC1. The Labute approximate surface area is 152 Å². The highest BCUT2D eigenvalue weighted by molar-refractivity contribution is 5.94. The van der Waals surface area contributed by atoms with E-state index in [0.717, 1.165) is 6.42 Å². The number of hydrogen-bond acceptors (Lipinski definition) is 2. The monoisotopic (exact) mass is 355 g/mol. The van der Waals surface area contributed by atoms with Gasteiger partial charge in [0.2, 0.25) is 0 Å². The lowest BCUT2D eigenvalue weighted by atomic mass is 10.1. The standard InChI is InChI=1S/C20H22FN3O2/c21-18-8-6-17(7-9-18)19(25)23-12-14-24(15-13-23)20(26)22-11-10-16-4-2-1-3-5-16/h1-9H,10-15H2,(H,22,26). The van der Waals surface area contributed by atoms with Crippen molar-refractivity contribution in [2.45, 2.75) is 6.42 Å². The van der Waals surface area contributed by atoms with Crippen LogP contribution in [0.1, 0.15) is 15.9 Å². The van der Waals surface area contributed by atoms with E-state index in [1.165, 1.54) is 29.8 Å². The lowest BCUT2D eigenvalue weighted by Crippen LogP contribution is -2.53. The minimum Gasteiger partial charge on any atom is -0.338 e. The van der Waals surface area contributed by atoms with Gasteiger partial charge in [-0.25, -0.2) is 9.18 Å². The predicted octanol–water partition coefficient (Wildman–Crippen LogP) is 2.54. The molecular formula is C20H22FN3O2. The molecule has 0 bridgehead atoms. The fourth-order valence-electron chi connectivity index (χ4n) is 2.96. The van der Waals surface area contributed by atoms with Gasteiger partial charge in [-0.2, -0.15) is 0 Å². The first-order chi connectivity index (χ1) is 12.6. The Morgan fingerprint density at radius 2 is 1.50 bits per heavy atom. The van der Waals surface area contributed by atoms with Crippen molar-refractivity contribution in [3.05, 3.63) is 71.5 Å². The summed E-state index contributed by atoms with van der Waals surface area (Å²) in [6.07, 6.45) is 0.787. The summed E-state index contributed by atoms with van der Waals surface area (Å²) in [5.41, 5.74) is 1.65. The molecule has 0 atom stereocenters. The number of amides is 3. The third-order valence-corrected chi connectivity index (χ3v) is 4.48. The van der Waals surface area contributed by atoms with Crippen LogP contribution in [0, 0.1) is 5.82 Å². The summed E-state index contributed by atoms with van der Waals surface area (Å²) in [6, 6.07) is 15.4. The highest BCUT2D eigenvalue weighted by Gasteiger charge is 2.24. The van der Waals surface area contributed by atoms with E-state index in [1.54, 1.807) is 9.80 Å². The zero-order chi connectivity index (χ0) is 18.4. The van der Waals surface area contributed by atoms with Gasteiger partial charge in [-0.05, 0) is 36.2 Å². The summed E-state index contributed by atoms with van der Waals surface area (Å²) in [4.78, 5) is 28.1. The van der Waals surface area contributed by atoms with Gasteiger partial charge in [0.15, 0.2) is 0 Å². The van der Waals surface area contributed by atoms with Gasteiger partial charge < -0.3 is 15.1 Å². The molecule has 0 saturated carbocycles. The molecule has 26 heavy (non-hydrogen) atoms. The Morgan fingerprint density at radius 3 is 2.15 bits per heavy atom. The molecule has 0 spiro atoms. The highest BCUT2D eigenvalue weighted by Crippen LogP contribution is 2.10. The van der Waals surface area contributed by atoms with Crippen LogP contribution < -0.4 is 5.32 Å². The average molecular weight is 355 g/mol. The normalized spacial score (nSPS) is 14.2. The van der Waals surface area contributed by atoms with Crippen molar-refractivity contribution in [3.63, 3.8) is 0 Å². The van der Waals surface area contributed by atoms with E-state index < -0.39 is 0 Å². The number of nitrogens with one attached hydrogen (secondary N) is 1. The van der Waals surface area contributed by atoms with E-state index in [9.17, 15) is 14.0 Å². The number of nitrogens with zero attached hydrogens (tertiary/aromatic N) is 2. The number of urea groups is 1. The largest absolute Gasteiger partial charge is 0.338 e. The maximum absolute atomic E-state index is 13.0. The molecule has 1 aliphatic heterocycles. The molecule has 1 aliphatic rings. The quantitative estimate of drug-likeness (QED) is 0.916. The summed E-state index contributed by atoms with van der Waals surface area (Å²) in [5.74, 6) is -0.493. The van der Waals surface area contributed by atoms with Crippen molar-refractivity contribution < 1.29 is 14.0 Å². The number of halogens is 1. The Morgan fingerprint density at radius 1 is 0.885 bits per heavy atom. The summed E-state index contributed by atoms with van der Waals surface area (Å²) in [5, 5.41) is 2.92. The van der Waals surface area contributed by atoms with Crippen LogP contribution in [0.2, 0.25) is 0 Å². The lowest BCUT2D eigenvalue weighted by molar-refractivity contribution is 0.0665. The van der Waals surface area contributed by atoms with Crippen LogP contribution in [0.4, 0.5) is 9.18 Å². The van der Waals surface area contributed by atoms with Gasteiger partial charge >= 0.3 is 6.03 Å². The van der Waals surface area contributed by atoms with Gasteiger partial charge in [-0.3, -0.25) is 4.79 Å². The van der Waals surface area contributed by atoms with E-state index in [4.69, 9.17) is 0 Å². The Kier molecular flexibility index (Phi) is 5.84. The van der Waals surface area contributed by atoms with E-state index in [2.05, 4.69) is 5.32 Å². The van der Waals surface area contributed by atoms with Crippen LogP contribution in [-0.4, -0.2) is 54.5 Å². The van der Waals surface area contributed by atoms with Crippen molar-refractivity contribution in [2.24, 2.45) is 0 Å². The van der Waals surface area contributed by atoms with Crippen LogP contribution in [-0.2, 0) is 6.42 Å². The molecule has 1 N–H and O–H groups in total. The van der Waals surface area contributed by atoms with E-state index in [0.29, 0.717) is 38.3 Å². The summed E-state index contributed by atoms with van der Waals surface area (Å²) >= 11 is 0. The van der Waals surface area contributed by atoms with Crippen molar-refractivity contribution in [3.8, 4) is 0 Å². The number of piperazine rings is 1. The molecule has 1 saturated heterocycles. The maximum atomic E-state index is 13.0. The van der Waals surface area contributed by atoms with Gasteiger partial charge in [0, 0.05) is 38.3 Å².